The molecule has 0 fully saturated rings. The van der Waals surface area contributed by atoms with Gasteiger partial charge in [0.1, 0.15) is 17.3 Å². The Kier molecular flexibility index (Phi) is 2.80. The van der Waals surface area contributed by atoms with Crippen LogP contribution in [0.4, 0.5) is 0 Å². The van der Waals surface area contributed by atoms with E-state index in [1.165, 1.54) is 18.3 Å². The number of allylic oxidation sites excluding steroid dienone is 3. The quantitative estimate of drug-likeness (QED) is 0.536. The Hall–Kier alpha value is -1.51. The van der Waals surface area contributed by atoms with Crippen LogP contribution in [0.25, 0.3) is 0 Å². The highest BCUT2D eigenvalue weighted by Crippen LogP contribution is 2.54. The molecule has 0 bridgehead atoms. The SMILES string of the molecule is COC(=O)C12CC=C(C)CC1OC1=C2CC(C)=CC1. The first kappa shape index (κ1) is 12.5. The molecule has 0 amide bonds. The molecule has 1 aliphatic heterocycles. The first-order valence-electron chi connectivity index (χ1n) is 6.86. The smallest absolute Gasteiger partial charge is 0.320 e. The maximum absolute atomic E-state index is 12.5. The van der Waals surface area contributed by atoms with Gasteiger partial charge in [0.25, 0.3) is 0 Å². The molecule has 0 N–H and O–H groups in total. The maximum atomic E-state index is 12.5. The van der Waals surface area contributed by atoms with Gasteiger partial charge < -0.3 is 9.47 Å². The molecule has 3 heteroatoms. The van der Waals surface area contributed by atoms with Gasteiger partial charge in [0.2, 0.25) is 0 Å². The predicted molar refractivity (Wildman–Crippen MR) is 72.3 cm³/mol. The van der Waals surface area contributed by atoms with Crippen LogP contribution in [0.15, 0.2) is 34.6 Å². The molecule has 102 valence electrons. The Bertz CT molecular complexity index is 524. The van der Waals surface area contributed by atoms with Crippen molar-refractivity contribution in [3.63, 3.8) is 0 Å². The van der Waals surface area contributed by atoms with E-state index in [4.69, 9.17) is 9.47 Å². The van der Waals surface area contributed by atoms with Crippen LogP contribution >= 0.6 is 0 Å². The zero-order valence-corrected chi connectivity index (χ0v) is 11.8. The van der Waals surface area contributed by atoms with Crippen LogP contribution in [0, 0.1) is 5.41 Å². The van der Waals surface area contributed by atoms with E-state index in [1.54, 1.807) is 0 Å². The van der Waals surface area contributed by atoms with Crippen molar-refractivity contribution in [3.8, 4) is 0 Å². The standard InChI is InChI=1S/C16H20O3/c1-10-4-5-13-12(8-10)16(15(17)18-3)7-6-11(2)9-14(16)19-13/h4,6,14H,5,7-9H2,1-3H3. The van der Waals surface area contributed by atoms with Gasteiger partial charge in [-0.1, -0.05) is 23.3 Å². The molecule has 3 nitrogen and oxygen atoms in total. The number of ether oxygens (including phenoxy) is 2. The number of rotatable bonds is 1. The molecule has 2 unspecified atom stereocenters. The third-order valence-electron chi connectivity index (χ3n) is 4.63. The average Bonchev–Trinajstić information content (AvgIpc) is 2.71. The summed E-state index contributed by atoms with van der Waals surface area (Å²) in [7, 11) is 1.48. The van der Waals surface area contributed by atoms with Crippen molar-refractivity contribution < 1.29 is 14.3 Å². The van der Waals surface area contributed by atoms with Crippen LogP contribution in [-0.2, 0) is 14.3 Å². The van der Waals surface area contributed by atoms with E-state index in [9.17, 15) is 4.79 Å². The van der Waals surface area contributed by atoms with Gasteiger partial charge in [-0.3, -0.25) is 4.79 Å². The number of carbonyl (C=O) groups excluding carboxylic acids is 1. The van der Waals surface area contributed by atoms with Crippen molar-refractivity contribution in [1.29, 1.82) is 0 Å². The van der Waals surface area contributed by atoms with Crippen LogP contribution in [0.3, 0.4) is 0 Å². The van der Waals surface area contributed by atoms with Crippen molar-refractivity contribution in [3.05, 3.63) is 34.6 Å². The van der Waals surface area contributed by atoms with Gasteiger partial charge >= 0.3 is 5.97 Å². The minimum atomic E-state index is -0.570. The van der Waals surface area contributed by atoms with E-state index in [-0.39, 0.29) is 12.1 Å². The highest BCUT2D eigenvalue weighted by Gasteiger charge is 2.57. The Morgan fingerprint density at radius 2 is 2.16 bits per heavy atom. The summed E-state index contributed by atoms with van der Waals surface area (Å²) in [6.07, 6.45) is 7.48. The topological polar surface area (TPSA) is 35.5 Å². The fraction of sp³-hybridized carbons (Fsp3) is 0.562. The van der Waals surface area contributed by atoms with E-state index in [2.05, 4.69) is 26.0 Å². The van der Waals surface area contributed by atoms with Gasteiger partial charge in [-0.25, -0.2) is 0 Å². The summed E-state index contributed by atoms with van der Waals surface area (Å²) < 4.78 is 11.2. The average molecular weight is 260 g/mol. The van der Waals surface area contributed by atoms with Crippen LogP contribution < -0.4 is 0 Å². The lowest BCUT2D eigenvalue weighted by atomic mass is 9.66. The Labute approximate surface area is 114 Å². The highest BCUT2D eigenvalue weighted by molar-refractivity contribution is 5.83. The first-order valence-corrected chi connectivity index (χ1v) is 6.86. The molecule has 0 spiro atoms. The molecular weight excluding hydrogens is 240 g/mol. The minimum absolute atomic E-state index is 0.0748. The van der Waals surface area contributed by atoms with E-state index in [1.807, 2.05) is 0 Å². The fourth-order valence-corrected chi connectivity index (χ4v) is 3.53. The lowest BCUT2D eigenvalue weighted by Crippen LogP contribution is -2.44. The van der Waals surface area contributed by atoms with Crippen molar-refractivity contribution in [2.45, 2.75) is 45.6 Å². The molecular formula is C16H20O3. The third-order valence-corrected chi connectivity index (χ3v) is 4.63. The molecule has 2 aliphatic carbocycles. The molecule has 19 heavy (non-hydrogen) atoms. The van der Waals surface area contributed by atoms with Crippen LogP contribution in [0.2, 0.25) is 0 Å². The molecule has 0 aromatic rings. The second kappa shape index (κ2) is 4.26. The third kappa shape index (κ3) is 1.67. The van der Waals surface area contributed by atoms with Crippen LogP contribution in [0.5, 0.6) is 0 Å². The number of hydrogen-bond acceptors (Lipinski definition) is 3. The van der Waals surface area contributed by atoms with Crippen molar-refractivity contribution in [1.82, 2.24) is 0 Å². The van der Waals surface area contributed by atoms with Crippen LogP contribution in [0.1, 0.15) is 39.5 Å². The molecule has 0 aromatic carbocycles. The summed E-state index contributed by atoms with van der Waals surface area (Å²) in [4.78, 5) is 12.5. The molecule has 2 atom stereocenters. The molecule has 0 aromatic heterocycles. The monoisotopic (exact) mass is 260 g/mol. The lowest BCUT2D eigenvalue weighted by molar-refractivity contribution is -0.155. The molecule has 3 rings (SSSR count). The van der Waals surface area contributed by atoms with Gasteiger partial charge in [-0.05, 0) is 32.3 Å². The molecule has 0 saturated heterocycles. The van der Waals surface area contributed by atoms with Gasteiger partial charge in [0, 0.05) is 12.8 Å². The zero-order chi connectivity index (χ0) is 13.6. The number of hydrogen-bond donors (Lipinski definition) is 0. The molecule has 1 heterocycles. The zero-order valence-electron chi connectivity index (χ0n) is 11.8. The Morgan fingerprint density at radius 3 is 2.89 bits per heavy atom. The second-order valence-electron chi connectivity index (χ2n) is 5.86. The van der Waals surface area contributed by atoms with E-state index in [0.717, 1.165) is 30.6 Å². The predicted octanol–water partition coefficient (Wildman–Crippen LogP) is 3.28. The van der Waals surface area contributed by atoms with Gasteiger partial charge in [0.15, 0.2) is 0 Å². The number of esters is 1. The Balaban J connectivity index is 2.06. The number of fused-ring (bicyclic) bond motifs is 2. The largest absolute Gasteiger partial charge is 0.493 e. The highest BCUT2D eigenvalue weighted by atomic mass is 16.5. The summed E-state index contributed by atoms with van der Waals surface area (Å²) in [5.41, 5.74) is 3.21. The summed E-state index contributed by atoms with van der Waals surface area (Å²) in [5, 5.41) is 0. The fourth-order valence-electron chi connectivity index (χ4n) is 3.53. The first-order chi connectivity index (χ1) is 9.07. The van der Waals surface area contributed by atoms with Crippen molar-refractivity contribution in [2.75, 3.05) is 7.11 Å². The minimum Gasteiger partial charge on any atom is -0.493 e. The Morgan fingerprint density at radius 1 is 1.37 bits per heavy atom. The summed E-state index contributed by atoms with van der Waals surface area (Å²) in [5.74, 6) is 0.866. The summed E-state index contributed by atoms with van der Waals surface area (Å²) in [6, 6.07) is 0. The van der Waals surface area contributed by atoms with E-state index in [0.29, 0.717) is 6.42 Å². The summed E-state index contributed by atoms with van der Waals surface area (Å²) in [6.45, 7) is 4.22. The lowest BCUT2D eigenvalue weighted by Gasteiger charge is -2.36. The molecule has 0 saturated carbocycles. The molecule has 0 radical (unpaired) electrons. The maximum Gasteiger partial charge on any atom is 0.320 e. The van der Waals surface area contributed by atoms with Crippen LogP contribution in [-0.4, -0.2) is 19.2 Å². The van der Waals surface area contributed by atoms with Crippen molar-refractivity contribution >= 4 is 5.97 Å². The van der Waals surface area contributed by atoms with E-state index >= 15 is 0 Å². The number of methoxy groups -OCH3 is 1. The molecule has 3 aliphatic rings. The second-order valence-corrected chi connectivity index (χ2v) is 5.86. The van der Waals surface area contributed by atoms with Gasteiger partial charge in [-0.2, -0.15) is 0 Å². The van der Waals surface area contributed by atoms with Gasteiger partial charge in [-0.15, -0.1) is 0 Å². The summed E-state index contributed by atoms with van der Waals surface area (Å²) >= 11 is 0. The number of carbonyl (C=O) groups is 1. The van der Waals surface area contributed by atoms with Crippen molar-refractivity contribution in [2.24, 2.45) is 5.41 Å². The normalized spacial score (nSPS) is 32.9. The van der Waals surface area contributed by atoms with Gasteiger partial charge in [0.05, 0.1) is 7.11 Å². The van der Waals surface area contributed by atoms with E-state index < -0.39 is 5.41 Å².